The van der Waals surface area contributed by atoms with Crippen molar-refractivity contribution in [3.8, 4) is 23.6 Å². The third kappa shape index (κ3) is 4.13. The molecule has 3 rings (SSSR count). The molecule has 1 aromatic heterocycles. The van der Waals surface area contributed by atoms with Crippen LogP contribution in [0.3, 0.4) is 0 Å². The number of halogens is 2. The first-order chi connectivity index (χ1) is 14.2. The maximum absolute atomic E-state index is 12.2. The molecular weight excluding hydrogens is 435 g/mol. The predicted octanol–water partition coefficient (Wildman–Crippen LogP) is 3.30. The molecule has 0 radical (unpaired) electrons. The van der Waals surface area contributed by atoms with Crippen LogP contribution in [0.1, 0.15) is 18.5 Å². The Labute approximate surface area is 180 Å². The van der Waals surface area contributed by atoms with E-state index in [0.717, 1.165) is 11.2 Å². The van der Waals surface area contributed by atoms with E-state index >= 15 is 0 Å². The Morgan fingerprint density at radius 1 is 1.40 bits per heavy atom. The first-order valence-corrected chi connectivity index (χ1v) is 9.13. The molecule has 2 amide bonds. The molecule has 2 heterocycles. The maximum atomic E-state index is 12.2. The zero-order valence-corrected chi connectivity index (χ0v) is 16.9. The number of carbonyl (C=O) groups is 1. The number of aromatic hydroxyl groups is 1. The van der Waals surface area contributed by atoms with Crippen LogP contribution in [0.15, 0.2) is 35.7 Å². The molecule has 30 heavy (non-hydrogen) atoms. The first-order valence-electron chi connectivity index (χ1n) is 8.37. The van der Waals surface area contributed by atoms with Crippen molar-refractivity contribution in [1.82, 2.24) is 15.3 Å². The van der Waals surface area contributed by atoms with Gasteiger partial charge in [0, 0.05) is 5.92 Å². The number of aliphatic hydroxyl groups excluding tert-OH is 1. The van der Waals surface area contributed by atoms with Crippen LogP contribution < -0.4 is 15.1 Å². The summed E-state index contributed by atoms with van der Waals surface area (Å²) in [6.45, 7) is 4.96. The quantitative estimate of drug-likeness (QED) is 0.635. The van der Waals surface area contributed by atoms with Crippen molar-refractivity contribution in [1.29, 1.82) is 5.26 Å². The van der Waals surface area contributed by atoms with Gasteiger partial charge in [-0.2, -0.15) is 25.3 Å². The van der Waals surface area contributed by atoms with Crippen molar-refractivity contribution in [2.75, 3.05) is 11.6 Å². The van der Waals surface area contributed by atoms with E-state index in [1.54, 1.807) is 6.92 Å². The topological polar surface area (TPSA) is 144 Å². The molecule has 0 saturated heterocycles. The Morgan fingerprint density at radius 3 is 2.67 bits per heavy atom. The lowest BCUT2D eigenvalue weighted by Crippen LogP contribution is -2.42. The lowest BCUT2D eigenvalue weighted by Gasteiger charge is -2.24. The van der Waals surface area contributed by atoms with Crippen molar-refractivity contribution in [2.45, 2.75) is 12.8 Å². The van der Waals surface area contributed by atoms with Crippen LogP contribution in [0.25, 0.3) is 0 Å². The van der Waals surface area contributed by atoms with E-state index in [2.05, 4.69) is 27.0 Å². The van der Waals surface area contributed by atoms with Crippen molar-refractivity contribution in [2.24, 2.45) is 5.10 Å². The molecule has 0 fully saturated rings. The number of aromatic nitrogens is 2. The van der Waals surface area contributed by atoms with Gasteiger partial charge in [-0.3, -0.25) is 0 Å². The van der Waals surface area contributed by atoms with Gasteiger partial charge < -0.3 is 20.3 Å². The molecule has 1 atom stereocenters. The molecule has 1 aromatic carbocycles. The lowest BCUT2D eigenvalue weighted by molar-refractivity contribution is 0.248. The summed E-state index contributed by atoms with van der Waals surface area (Å²) in [5, 5.41) is 35.5. The second kappa shape index (κ2) is 8.54. The first kappa shape index (κ1) is 21.3. The largest absolute Gasteiger partial charge is 0.504 e. The normalized spacial score (nSPS) is 14.6. The Kier molecular flexibility index (Phi) is 6.07. The second-order valence-electron chi connectivity index (χ2n) is 6.13. The predicted molar refractivity (Wildman–Crippen MR) is 109 cm³/mol. The van der Waals surface area contributed by atoms with Crippen LogP contribution in [-0.2, 0) is 0 Å². The zero-order chi connectivity index (χ0) is 22.0. The van der Waals surface area contributed by atoms with E-state index in [-0.39, 0.29) is 57.0 Å². The smallest absolute Gasteiger partial charge is 0.347 e. The van der Waals surface area contributed by atoms with Crippen LogP contribution >= 0.6 is 23.2 Å². The number of allylic oxidation sites excluding steroid dienone is 1. The minimum atomic E-state index is -0.649. The number of urea groups is 1. The Hall–Kier alpha value is -3.39. The molecule has 0 saturated carbocycles. The summed E-state index contributed by atoms with van der Waals surface area (Å²) >= 11 is 12.5. The fourth-order valence-corrected chi connectivity index (χ4v) is 2.99. The van der Waals surface area contributed by atoms with Crippen LogP contribution in [-0.4, -0.2) is 38.5 Å². The molecule has 1 unspecified atom stereocenters. The lowest BCUT2D eigenvalue weighted by atomic mass is 10.1. The van der Waals surface area contributed by atoms with Gasteiger partial charge in [0.2, 0.25) is 0 Å². The SMILES string of the molecule is C=C1NC(=O)N(c2cc(Cl)c(Oc3ncc(O)c(C(C)CO)n3)c(Cl)c2)N=C1C#N. The van der Waals surface area contributed by atoms with Gasteiger partial charge in [0.1, 0.15) is 6.07 Å². The molecule has 0 bridgehead atoms. The molecule has 3 N–H and O–H groups in total. The summed E-state index contributed by atoms with van der Waals surface area (Å²) in [6, 6.07) is 3.72. The van der Waals surface area contributed by atoms with Crippen LogP contribution in [0.5, 0.6) is 17.5 Å². The minimum Gasteiger partial charge on any atom is -0.504 e. The van der Waals surface area contributed by atoms with Gasteiger partial charge in [-0.25, -0.2) is 4.79 Å². The van der Waals surface area contributed by atoms with Crippen LogP contribution in [0.2, 0.25) is 10.0 Å². The number of rotatable bonds is 5. The van der Waals surface area contributed by atoms with E-state index in [9.17, 15) is 15.0 Å². The average molecular weight is 449 g/mol. The van der Waals surface area contributed by atoms with E-state index in [1.165, 1.54) is 12.1 Å². The highest BCUT2D eigenvalue weighted by Gasteiger charge is 2.26. The number of aliphatic hydroxyl groups is 1. The minimum absolute atomic E-state index is 0.00156. The molecular formula is C18H14Cl2N6O4. The Morgan fingerprint density at radius 2 is 2.07 bits per heavy atom. The van der Waals surface area contributed by atoms with Gasteiger partial charge in [0.25, 0.3) is 0 Å². The van der Waals surface area contributed by atoms with Gasteiger partial charge >= 0.3 is 12.0 Å². The summed E-state index contributed by atoms with van der Waals surface area (Å²) in [5.74, 6) is -0.648. The number of benzene rings is 1. The number of hydrazone groups is 1. The summed E-state index contributed by atoms with van der Waals surface area (Å²) < 4.78 is 5.56. The molecule has 0 aliphatic carbocycles. The van der Waals surface area contributed by atoms with Crippen molar-refractivity contribution in [3.05, 3.63) is 46.3 Å². The maximum Gasteiger partial charge on any atom is 0.347 e. The van der Waals surface area contributed by atoms with Crippen molar-refractivity contribution in [3.63, 3.8) is 0 Å². The fourth-order valence-electron chi connectivity index (χ4n) is 2.44. The van der Waals surface area contributed by atoms with Crippen LogP contribution in [0.4, 0.5) is 10.5 Å². The van der Waals surface area contributed by atoms with Gasteiger partial charge in [-0.05, 0) is 12.1 Å². The number of carbonyl (C=O) groups excluding carboxylic acids is 1. The second-order valence-corrected chi connectivity index (χ2v) is 6.94. The van der Waals surface area contributed by atoms with Crippen molar-refractivity contribution >= 4 is 40.6 Å². The molecule has 1 aliphatic heterocycles. The van der Waals surface area contributed by atoms with Gasteiger partial charge in [0.15, 0.2) is 17.2 Å². The summed E-state index contributed by atoms with van der Waals surface area (Å²) in [5.41, 5.74) is 0.366. The van der Waals surface area contributed by atoms with E-state index < -0.39 is 11.9 Å². The highest BCUT2D eigenvalue weighted by Crippen LogP contribution is 2.40. The molecule has 1 aliphatic rings. The number of hydrogen-bond acceptors (Lipinski definition) is 8. The Balaban J connectivity index is 1.95. The standard InChI is InChI=1S/C18H14Cl2N6O4/c1-8(7-27)15-14(28)6-22-17(24-15)30-16-11(19)3-10(4-12(16)20)26-18(29)23-9(2)13(5-21)25-26/h3-4,6,8,27-28H,2,7H2,1H3,(H,23,29). The summed E-state index contributed by atoms with van der Waals surface area (Å²) in [4.78, 5) is 20.1. The number of anilines is 1. The van der Waals surface area contributed by atoms with E-state index in [0.29, 0.717) is 0 Å². The number of ether oxygens (including phenoxy) is 1. The summed E-state index contributed by atoms with van der Waals surface area (Å²) in [7, 11) is 0. The number of nitriles is 1. The highest BCUT2D eigenvalue weighted by molar-refractivity contribution is 6.37. The third-order valence-electron chi connectivity index (χ3n) is 3.98. The molecule has 2 aromatic rings. The third-order valence-corrected chi connectivity index (χ3v) is 4.54. The van der Waals surface area contributed by atoms with E-state index in [4.69, 9.17) is 33.2 Å². The van der Waals surface area contributed by atoms with Gasteiger partial charge in [-0.15, -0.1) is 0 Å². The monoisotopic (exact) mass is 448 g/mol. The molecule has 12 heteroatoms. The average Bonchev–Trinajstić information content (AvgIpc) is 2.71. The highest BCUT2D eigenvalue weighted by atomic mass is 35.5. The van der Waals surface area contributed by atoms with Crippen LogP contribution in [0, 0.1) is 11.3 Å². The number of nitrogens with one attached hydrogen (secondary N) is 1. The number of amides is 2. The molecule has 0 spiro atoms. The van der Waals surface area contributed by atoms with Crippen molar-refractivity contribution < 1.29 is 19.7 Å². The number of nitrogens with zero attached hydrogens (tertiary/aromatic N) is 5. The van der Waals surface area contributed by atoms with Gasteiger partial charge in [0.05, 0.1) is 39.9 Å². The number of hydrogen-bond donors (Lipinski definition) is 3. The van der Waals surface area contributed by atoms with Gasteiger partial charge in [-0.1, -0.05) is 36.7 Å². The zero-order valence-electron chi connectivity index (χ0n) is 15.4. The van der Waals surface area contributed by atoms with E-state index in [1.807, 2.05) is 6.07 Å². The summed E-state index contributed by atoms with van der Waals surface area (Å²) in [6.07, 6.45) is 1.13. The fraction of sp³-hybridized carbons (Fsp3) is 0.167. The molecule has 154 valence electrons. The molecule has 10 nitrogen and oxygen atoms in total. The Bertz CT molecular complexity index is 1090.